The van der Waals surface area contributed by atoms with Crippen molar-refractivity contribution < 1.29 is 5.11 Å². The lowest BCUT2D eigenvalue weighted by molar-refractivity contribution is 0.207. The fourth-order valence-electron chi connectivity index (χ4n) is 2.06. The summed E-state index contributed by atoms with van der Waals surface area (Å²) in [6.07, 6.45) is 4.73. The molecule has 0 aromatic carbocycles. The van der Waals surface area contributed by atoms with Gasteiger partial charge in [-0.15, -0.1) is 0 Å². The summed E-state index contributed by atoms with van der Waals surface area (Å²) in [6, 6.07) is 3.98. The van der Waals surface area contributed by atoms with Crippen molar-refractivity contribution in [3.05, 3.63) is 34.7 Å². The Labute approximate surface area is 122 Å². The SMILES string of the molecule is CC(C)(CCO)CNCc1cnc2ccc(Br)cn12. The number of pyridine rings is 1. The van der Waals surface area contributed by atoms with Gasteiger partial charge in [-0.25, -0.2) is 4.98 Å². The van der Waals surface area contributed by atoms with E-state index >= 15 is 0 Å². The Morgan fingerprint density at radius 2 is 2.21 bits per heavy atom. The van der Waals surface area contributed by atoms with Gasteiger partial charge in [0.25, 0.3) is 0 Å². The van der Waals surface area contributed by atoms with E-state index < -0.39 is 0 Å². The van der Waals surface area contributed by atoms with Crippen molar-refractivity contribution in [2.24, 2.45) is 5.41 Å². The molecule has 2 N–H and O–H groups in total. The van der Waals surface area contributed by atoms with E-state index in [0.717, 1.165) is 35.3 Å². The Morgan fingerprint density at radius 1 is 1.42 bits per heavy atom. The van der Waals surface area contributed by atoms with Crippen molar-refractivity contribution in [1.82, 2.24) is 14.7 Å². The molecule has 0 saturated carbocycles. The molecule has 5 heteroatoms. The zero-order valence-electron chi connectivity index (χ0n) is 11.4. The van der Waals surface area contributed by atoms with Crippen LogP contribution in [0.1, 0.15) is 26.0 Å². The molecule has 104 valence electrons. The standard InChI is InChI=1S/C14H20BrN3O/c1-14(2,5-6-19)10-16-7-12-8-17-13-4-3-11(15)9-18(12)13/h3-4,8-9,16,19H,5-7,10H2,1-2H3. The highest BCUT2D eigenvalue weighted by atomic mass is 79.9. The summed E-state index contributed by atoms with van der Waals surface area (Å²) >= 11 is 3.47. The molecule has 2 aromatic rings. The molecule has 0 amide bonds. The molecule has 0 bridgehead atoms. The monoisotopic (exact) mass is 325 g/mol. The van der Waals surface area contributed by atoms with E-state index in [4.69, 9.17) is 5.11 Å². The highest BCUT2D eigenvalue weighted by molar-refractivity contribution is 9.10. The molecular formula is C14H20BrN3O. The van der Waals surface area contributed by atoms with E-state index in [0.29, 0.717) is 0 Å². The maximum absolute atomic E-state index is 9.01. The topological polar surface area (TPSA) is 49.6 Å². The van der Waals surface area contributed by atoms with Crippen molar-refractivity contribution in [2.75, 3.05) is 13.2 Å². The summed E-state index contributed by atoms with van der Waals surface area (Å²) in [5.74, 6) is 0. The summed E-state index contributed by atoms with van der Waals surface area (Å²) in [5.41, 5.74) is 2.20. The van der Waals surface area contributed by atoms with Crippen LogP contribution in [-0.2, 0) is 6.54 Å². The Hall–Kier alpha value is -0.910. The lowest BCUT2D eigenvalue weighted by Gasteiger charge is -2.23. The van der Waals surface area contributed by atoms with E-state index in [2.05, 4.69) is 44.5 Å². The third-order valence-electron chi connectivity index (χ3n) is 3.24. The second-order valence-corrected chi connectivity index (χ2v) is 6.48. The lowest BCUT2D eigenvalue weighted by atomic mass is 9.90. The van der Waals surface area contributed by atoms with Gasteiger partial charge in [0.15, 0.2) is 0 Å². The number of hydrogen-bond donors (Lipinski definition) is 2. The third kappa shape index (κ3) is 3.78. The minimum absolute atomic E-state index is 0.107. The molecule has 2 aromatic heterocycles. The molecule has 0 aliphatic rings. The van der Waals surface area contributed by atoms with Crippen molar-refractivity contribution in [2.45, 2.75) is 26.8 Å². The second kappa shape index (κ2) is 6.03. The Kier molecular flexibility index (Phi) is 4.60. The molecule has 0 aliphatic heterocycles. The number of aliphatic hydroxyl groups is 1. The van der Waals surface area contributed by atoms with Gasteiger partial charge in [-0.2, -0.15) is 0 Å². The van der Waals surface area contributed by atoms with Crippen molar-refractivity contribution in [3.8, 4) is 0 Å². The number of aromatic nitrogens is 2. The normalized spacial score (nSPS) is 12.2. The Morgan fingerprint density at radius 3 is 2.95 bits per heavy atom. The first-order valence-corrected chi connectivity index (χ1v) is 7.24. The smallest absolute Gasteiger partial charge is 0.136 e. The molecule has 4 nitrogen and oxygen atoms in total. The molecule has 2 rings (SSSR count). The van der Waals surface area contributed by atoms with Crippen LogP contribution in [-0.4, -0.2) is 27.6 Å². The minimum atomic E-state index is 0.107. The highest BCUT2D eigenvalue weighted by Gasteiger charge is 2.16. The van der Waals surface area contributed by atoms with Gasteiger partial charge in [-0.3, -0.25) is 0 Å². The molecule has 0 radical (unpaired) electrons. The molecule has 0 unspecified atom stereocenters. The van der Waals surface area contributed by atoms with E-state index in [1.807, 2.05) is 24.5 Å². The predicted octanol–water partition coefficient (Wildman–Crippen LogP) is 2.60. The predicted molar refractivity (Wildman–Crippen MR) is 80.1 cm³/mol. The average Bonchev–Trinajstić information content (AvgIpc) is 2.71. The Bertz CT molecular complexity index is 551. The maximum Gasteiger partial charge on any atom is 0.136 e. The van der Waals surface area contributed by atoms with Gasteiger partial charge in [0, 0.05) is 30.4 Å². The van der Waals surface area contributed by atoms with Crippen LogP contribution in [0.4, 0.5) is 0 Å². The van der Waals surface area contributed by atoms with Gasteiger partial charge in [-0.05, 0) is 39.9 Å². The maximum atomic E-state index is 9.01. The number of aliphatic hydroxyl groups excluding tert-OH is 1. The molecule has 0 atom stereocenters. The van der Waals surface area contributed by atoms with Crippen molar-refractivity contribution >= 4 is 21.6 Å². The molecule has 0 fully saturated rings. The van der Waals surface area contributed by atoms with Crippen LogP contribution < -0.4 is 5.32 Å². The van der Waals surface area contributed by atoms with E-state index in [-0.39, 0.29) is 12.0 Å². The number of imidazole rings is 1. The lowest BCUT2D eigenvalue weighted by Crippen LogP contribution is -2.30. The minimum Gasteiger partial charge on any atom is -0.396 e. The van der Waals surface area contributed by atoms with Crippen LogP contribution in [0.25, 0.3) is 5.65 Å². The van der Waals surface area contributed by atoms with Crippen LogP contribution in [0.2, 0.25) is 0 Å². The van der Waals surface area contributed by atoms with Crippen molar-refractivity contribution in [3.63, 3.8) is 0 Å². The number of rotatable bonds is 6. The first-order chi connectivity index (χ1) is 9.02. The summed E-state index contributed by atoms with van der Waals surface area (Å²) < 4.78 is 3.12. The Balaban J connectivity index is 2.00. The molecule has 0 spiro atoms. The fraction of sp³-hybridized carbons (Fsp3) is 0.500. The first-order valence-electron chi connectivity index (χ1n) is 6.45. The number of nitrogens with one attached hydrogen (secondary N) is 1. The molecule has 19 heavy (non-hydrogen) atoms. The second-order valence-electron chi connectivity index (χ2n) is 5.57. The van der Waals surface area contributed by atoms with Crippen molar-refractivity contribution in [1.29, 1.82) is 0 Å². The number of nitrogens with zero attached hydrogens (tertiary/aromatic N) is 2. The molecule has 0 aliphatic carbocycles. The van der Waals surface area contributed by atoms with Gasteiger partial charge in [0.1, 0.15) is 5.65 Å². The summed E-state index contributed by atoms with van der Waals surface area (Å²) in [7, 11) is 0. The van der Waals surface area contributed by atoms with E-state index in [1.165, 1.54) is 0 Å². The van der Waals surface area contributed by atoms with Gasteiger partial charge in [0.2, 0.25) is 0 Å². The average molecular weight is 326 g/mol. The van der Waals surface area contributed by atoms with Crippen LogP contribution in [0.15, 0.2) is 29.0 Å². The number of hydrogen-bond acceptors (Lipinski definition) is 3. The van der Waals surface area contributed by atoms with Crippen LogP contribution in [0.3, 0.4) is 0 Å². The summed E-state index contributed by atoms with van der Waals surface area (Å²) in [5, 5.41) is 12.4. The number of halogens is 1. The molecular weight excluding hydrogens is 306 g/mol. The summed E-state index contributed by atoms with van der Waals surface area (Å²) in [6.45, 7) is 6.18. The quantitative estimate of drug-likeness (QED) is 0.858. The molecule has 2 heterocycles. The third-order valence-corrected chi connectivity index (χ3v) is 3.71. The van der Waals surface area contributed by atoms with Gasteiger partial charge < -0.3 is 14.8 Å². The van der Waals surface area contributed by atoms with Crippen LogP contribution in [0.5, 0.6) is 0 Å². The van der Waals surface area contributed by atoms with Gasteiger partial charge in [0.05, 0.1) is 11.9 Å². The zero-order valence-corrected chi connectivity index (χ0v) is 12.9. The van der Waals surface area contributed by atoms with Crippen LogP contribution in [0, 0.1) is 5.41 Å². The zero-order chi connectivity index (χ0) is 13.9. The first kappa shape index (κ1) is 14.5. The van der Waals surface area contributed by atoms with Gasteiger partial charge >= 0.3 is 0 Å². The number of fused-ring (bicyclic) bond motifs is 1. The van der Waals surface area contributed by atoms with Crippen LogP contribution >= 0.6 is 15.9 Å². The van der Waals surface area contributed by atoms with E-state index in [1.54, 1.807) is 0 Å². The highest BCUT2D eigenvalue weighted by Crippen LogP contribution is 2.18. The van der Waals surface area contributed by atoms with Gasteiger partial charge in [-0.1, -0.05) is 13.8 Å². The summed E-state index contributed by atoms with van der Waals surface area (Å²) in [4.78, 5) is 4.37. The largest absolute Gasteiger partial charge is 0.396 e. The molecule has 0 saturated heterocycles. The fourth-order valence-corrected chi connectivity index (χ4v) is 2.39. The van der Waals surface area contributed by atoms with E-state index in [9.17, 15) is 0 Å².